The van der Waals surface area contributed by atoms with Crippen LogP contribution in [0.2, 0.25) is 0 Å². The Bertz CT molecular complexity index is 810. The SMILES string of the molecule is CC(Nc1ccnc2ccccc12)c1ccc([N+](=O)[O-])cc1. The van der Waals surface area contributed by atoms with Gasteiger partial charge >= 0.3 is 0 Å². The summed E-state index contributed by atoms with van der Waals surface area (Å²) in [7, 11) is 0. The van der Waals surface area contributed by atoms with Crippen molar-refractivity contribution in [3.63, 3.8) is 0 Å². The number of rotatable bonds is 4. The Morgan fingerprint density at radius 2 is 1.82 bits per heavy atom. The molecule has 0 aliphatic carbocycles. The van der Waals surface area contributed by atoms with E-state index in [-0.39, 0.29) is 11.7 Å². The number of nitro groups is 1. The highest BCUT2D eigenvalue weighted by molar-refractivity contribution is 5.91. The van der Waals surface area contributed by atoms with Gasteiger partial charge in [-0.1, -0.05) is 30.3 Å². The lowest BCUT2D eigenvalue weighted by atomic mass is 10.1. The van der Waals surface area contributed by atoms with Crippen LogP contribution in [0.4, 0.5) is 11.4 Å². The molecule has 22 heavy (non-hydrogen) atoms. The van der Waals surface area contributed by atoms with E-state index in [0.717, 1.165) is 22.2 Å². The second kappa shape index (κ2) is 5.81. The van der Waals surface area contributed by atoms with Crippen LogP contribution < -0.4 is 5.32 Å². The van der Waals surface area contributed by atoms with Crippen LogP contribution in [0.15, 0.2) is 60.8 Å². The van der Waals surface area contributed by atoms with Crippen LogP contribution in [0.25, 0.3) is 10.9 Å². The minimum atomic E-state index is -0.391. The molecular formula is C17H15N3O2. The van der Waals surface area contributed by atoms with Crippen molar-refractivity contribution in [3.8, 4) is 0 Å². The van der Waals surface area contributed by atoms with Gasteiger partial charge < -0.3 is 5.32 Å². The number of nitro benzene ring substituents is 1. The summed E-state index contributed by atoms with van der Waals surface area (Å²) in [5.41, 5.74) is 3.02. The molecule has 0 bridgehead atoms. The van der Waals surface area contributed by atoms with Gasteiger partial charge in [0.2, 0.25) is 0 Å². The molecule has 1 atom stereocenters. The van der Waals surface area contributed by atoms with Crippen molar-refractivity contribution in [1.82, 2.24) is 4.98 Å². The molecule has 0 aliphatic heterocycles. The van der Waals surface area contributed by atoms with Crippen molar-refractivity contribution < 1.29 is 4.92 Å². The van der Waals surface area contributed by atoms with E-state index >= 15 is 0 Å². The lowest BCUT2D eigenvalue weighted by Gasteiger charge is -2.17. The first-order valence-corrected chi connectivity index (χ1v) is 7.00. The highest BCUT2D eigenvalue weighted by Gasteiger charge is 2.10. The maximum atomic E-state index is 10.7. The number of aromatic nitrogens is 1. The molecule has 0 spiro atoms. The third-order valence-corrected chi connectivity index (χ3v) is 3.62. The van der Waals surface area contributed by atoms with E-state index in [1.54, 1.807) is 18.3 Å². The summed E-state index contributed by atoms with van der Waals surface area (Å²) in [6, 6.07) is 16.5. The molecule has 3 aromatic rings. The number of hydrogen-bond donors (Lipinski definition) is 1. The molecule has 1 N–H and O–H groups in total. The Morgan fingerprint density at radius 3 is 2.55 bits per heavy atom. The molecule has 1 heterocycles. The van der Waals surface area contributed by atoms with Crippen LogP contribution in [-0.2, 0) is 0 Å². The van der Waals surface area contributed by atoms with Crippen LogP contribution in [0.5, 0.6) is 0 Å². The van der Waals surface area contributed by atoms with Gasteiger partial charge in [-0.15, -0.1) is 0 Å². The van der Waals surface area contributed by atoms with Gasteiger partial charge in [-0.05, 0) is 24.6 Å². The van der Waals surface area contributed by atoms with Crippen molar-refractivity contribution in [3.05, 3.63) is 76.5 Å². The van der Waals surface area contributed by atoms with E-state index in [1.807, 2.05) is 37.3 Å². The van der Waals surface area contributed by atoms with Crippen LogP contribution in [0.1, 0.15) is 18.5 Å². The smallest absolute Gasteiger partial charge is 0.269 e. The Kier molecular flexibility index (Phi) is 3.70. The normalized spacial score (nSPS) is 12.0. The van der Waals surface area contributed by atoms with Crippen molar-refractivity contribution in [2.75, 3.05) is 5.32 Å². The molecule has 0 fully saturated rings. The molecule has 1 unspecified atom stereocenters. The zero-order valence-electron chi connectivity index (χ0n) is 12.1. The largest absolute Gasteiger partial charge is 0.378 e. The minimum Gasteiger partial charge on any atom is -0.378 e. The van der Waals surface area contributed by atoms with Gasteiger partial charge in [-0.3, -0.25) is 15.1 Å². The summed E-state index contributed by atoms with van der Waals surface area (Å²) < 4.78 is 0. The molecule has 5 heteroatoms. The van der Waals surface area contributed by atoms with Crippen molar-refractivity contribution in [2.45, 2.75) is 13.0 Å². The number of para-hydroxylation sites is 1. The Labute approximate surface area is 127 Å². The monoisotopic (exact) mass is 293 g/mol. The molecule has 0 radical (unpaired) electrons. The molecular weight excluding hydrogens is 278 g/mol. The van der Waals surface area contributed by atoms with Gasteiger partial charge in [0, 0.05) is 35.4 Å². The third-order valence-electron chi connectivity index (χ3n) is 3.62. The second-order valence-electron chi connectivity index (χ2n) is 5.09. The van der Waals surface area contributed by atoms with E-state index in [9.17, 15) is 10.1 Å². The summed E-state index contributed by atoms with van der Waals surface area (Å²) in [6.07, 6.45) is 1.77. The zero-order chi connectivity index (χ0) is 15.5. The molecule has 0 saturated heterocycles. The number of hydrogen-bond acceptors (Lipinski definition) is 4. The third kappa shape index (κ3) is 2.74. The van der Waals surface area contributed by atoms with Gasteiger partial charge in [0.1, 0.15) is 0 Å². The van der Waals surface area contributed by atoms with Crippen molar-refractivity contribution in [2.24, 2.45) is 0 Å². The van der Waals surface area contributed by atoms with Gasteiger partial charge in [-0.25, -0.2) is 0 Å². The fourth-order valence-electron chi connectivity index (χ4n) is 2.42. The highest BCUT2D eigenvalue weighted by Crippen LogP contribution is 2.26. The van der Waals surface area contributed by atoms with Gasteiger partial charge in [0.15, 0.2) is 0 Å². The van der Waals surface area contributed by atoms with Crippen LogP contribution >= 0.6 is 0 Å². The number of pyridine rings is 1. The highest BCUT2D eigenvalue weighted by atomic mass is 16.6. The van der Waals surface area contributed by atoms with E-state index < -0.39 is 4.92 Å². The van der Waals surface area contributed by atoms with Crippen LogP contribution in [0, 0.1) is 10.1 Å². The lowest BCUT2D eigenvalue weighted by Crippen LogP contribution is -2.07. The molecule has 2 aromatic carbocycles. The predicted molar refractivity (Wildman–Crippen MR) is 86.9 cm³/mol. The average molecular weight is 293 g/mol. The molecule has 3 rings (SSSR count). The second-order valence-corrected chi connectivity index (χ2v) is 5.09. The predicted octanol–water partition coefficient (Wildman–Crippen LogP) is 4.32. The average Bonchev–Trinajstić information content (AvgIpc) is 2.55. The number of anilines is 1. The van der Waals surface area contributed by atoms with Gasteiger partial charge in [0.05, 0.1) is 10.4 Å². The molecule has 0 aliphatic rings. The molecule has 0 saturated carbocycles. The minimum absolute atomic E-state index is 0.0339. The lowest BCUT2D eigenvalue weighted by molar-refractivity contribution is -0.384. The number of benzene rings is 2. The first kappa shape index (κ1) is 14.0. The molecule has 0 amide bonds. The van der Waals surface area contributed by atoms with E-state index in [4.69, 9.17) is 0 Å². The maximum Gasteiger partial charge on any atom is 0.269 e. The van der Waals surface area contributed by atoms with E-state index in [0.29, 0.717) is 0 Å². The van der Waals surface area contributed by atoms with Crippen molar-refractivity contribution in [1.29, 1.82) is 0 Å². The summed E-state index contributed by atoms with van der Waals surface area (Å²) in [4.78, 5) is 14.6. The van der Waals surface area contributed by atoms with Gasteiger partial charge in [-0.2, -0.15) is 0 Å². The first-order chi connectivity index (χ1) is 10.6. The number of fused-ring (bicyclic) bond motifs is 1. The van der Waals surface area contributed by atoms with E-state index in [2.05, 4.69) is 10.3 Å². The Hall–Kier alpha value is -2.95. The topological polar surface area (TPSA) is 68.1 Å². The summed E-state index contributed by atoms with van der Waals surface area (Å²) in [6.45, 7) is 2.02. The number of nitrogens with one attached hydrogen (secondary N) is 1. The molecule has 1 aromatic heterocycles. The summed E-state index contributed by atoms with van der Waals surface area (Å²) >= 11 is 0. The number of non-ortho nitro benzene ring substituents is 1. The standard InChI is InChI=1S/C17H15N3O2/c1-12(13-6-8-14(9-7-13)20(21)22)19-17-10-11-18-16-5-3-2-4-15(16)17/h2-12H,1H3,(H,18,19). The molecule has 5 nitrogen and oxygen atoms in total. The maximum absolute atomic E-state index is 10.7. The summed E-state index contributed by atoms with van der Waals surface area (Å²) in [5, 5.41) is 15.2. The van der Waals surface area contributed by atoms with E-state index in [1.165, 1.54) is 12.1 Å². The van der Waals surface area contributed by atoms with Crippen molar-refractivity contribution >= 4 is 22.3 Å². The fraction of sp³-hybridized carbons (Fsp3) is 0.118. The van der Waals surface area contributed by atoms with Crippen LogP contribution in [-0.4, -0.2) is 9.91 Å². The van der Waals surface area contributed by atoms with Crippen LogP contribution in [0.3, 0.4) is 0 Å². The summed E-state index contributed by atoms with van der Waals surface area (Å²) in [5.74, 6) is 0. The number of nitrogens with zero attached hydrogens (tertiary/aromatic N) is 2. The Balaban J connectivity index is 1.86. The quantitative estimate of drug-likeness (QED) is 0.574. The first-order valence-electron chi connectivity index (χ1n) is 7.00. The Morgan fingerprint density at radius 1 is 1.09 bits per heavy atom. The zero-order valence-corrected chi connectivity index (χ0v) is 12.1. The fourth-order valence-corrected chi connectivity index (χ4v) is 2.42. The molecule has 110 valence electrons. The van der Waals surface area contributed by atoms with Gasteiger partial charge in [0.25, 0.3) is 5.69 Å².